The lowest BCUT2D eigenvalue weighted by Gasteiger charge is -2.28. The van der Waals surface area contributed by atoms with Gasteiger partial charge in [0.2, 0.25) is 5.95 Å². The smallest absolute Gasteiger partial charge is 0.291 e. The summed E-state index contributed by atoms with van der Waals surface area (Å²) in [5.41, 5.74) is 9.07. The van der Waals surface area contributed by atoms with Crippen LogP contribution in [0.1, 0.15) is 10.6 Å². The molecule has 4 aromatic rings. The zero-order chi connectivity index (χ0) is 21.2. The third-order valence-electron chi connectivity index (χ3n) is 4.90. The third-order valence-corrected chi connectivity index (χ3v) is 4.90. The van der Waals surface area contributed by atoms with E-state index in [2.05, 4.69) is 25.2 Å². The molecule has 0 atom stereocenters. The molecule has 1 saturated heterocycles. The zero-order valence-corrected chi connectivity index (χ0v) is 16.5. The quantitative estimate of drug-likeness (QED) is 0.513. The molecule has 1 amide bonds. The lowest BCUT2D eigenvalue weighted by atomic mass is 10.1. The number of nitrogens with two attached hydrogens (primary N) is 1. The summed E-state index contributed by atoms with van der Waals surface area (Å²) in [6.45, 7) is 2.62. The van der Waals surface area contributed by atoms with Gasteiger partial charge in [-0.2, -0.15) is 9.97 Å². The molecule has 3 N–H and O–H groups in total. The van der Waals surface area contributed by atoms with Crippen molar-refractivity contribution >= 4 is 34.5 Å². The van der Waals surface area contributed by atoms with Crippen LogP contribution in [0.25, 0.3) is 22.4 Å². The van der Waals surface area contributed by atoms with E-state index in [4.69, 9.17) is 19.9 Å². The van der Waals surface area contributed by atoms with Crippen LogP contribution in [0, 0.1) is 0 Å². The molecule has 0 unspecified atom stereocenters. The second kappa shape index (κ2) is 8.00. The van der Waals surface area contributed by atoms with Crippen molar-refractivity contribution in [2.45, 2.75) is 0 Å². The Morgan fingerprint density at radius 1 is 1.06 bits per heavy atom. The van der Waals surface area contributed by atoms with Crippen molar-refractivity contribution in [2.75, 3.05) is 42.3 Å². The van der Waals surface area contributed by atoms with Crippen LogP contribution in [0.15, 0.2) is 53.3 Å². The molecule has 0 saturated carbocycles. The van der Waals surface area contributed by atoms with Gasteiger partial charge in [0, 0.05) is 24.3 Å². The molecule has 0 bridgehead atoms. The Bertz CT molecular complexity index is 1220. The van der Waals surface area contributed by atoms with Crippen LogP contribution in [0.4, 0.5) is 17.5 Å². The Hall–Kier alpha value is -4.05. The van der Waals surface area contributed by atoms with Crippen molar-refractivity contribution in [3.63, 3.8) is 0 Å². The molecule has 0 aliphatic carbocycles. The number of benzene rings is 1. The molecular formula is C21H19N7O3. The molecule has 31 heavy (non-hydrogen) atoms. The maximum Gasteiger partial charge on any atom is 0.291 e. The van der Waals surface area contributed by atoms with Crippen molar-refractivity contribution in [1.29, 1.82) is 0 Å². The van der Waals surface area contributed by atoms with E-state index in [-0.39, 0.29) is 17.6 Å². The molecule has 0 spiro atoms. The second-order valence-electron chi connectivity index (χ2n) is 6.94. The number of nitrogens with one attached hydrogen (secondary N) is 1. The number of fused-ring (bicyclic) bond motifs is 1. The fourth-order valence-electron chi connectivity index (χ4n) is 3.37. The number of hydrogen-bond acceptors (Lipinski definition) is 9. The number of morpholine rings is 1. The number of nitrogens with zero attached hydrogens (tertiary/aromatic N) is 5. The van der Waals surface area contributed by atoms with Crippen LogP contribution in [-0.2, 0) is 4.74 Å². The van der Waals surface area contributed by atoms with Crippen LogP contribution in [0.5, 0.6) is 0 Å². The summed E-state index contributed by atoms with van der Waals surface area (Å²) in [6.07, 6.45) is 3.10. The minimum atomic E-state index is -0.312. The van der Waals surface area contributed by atoms with Gasteiger partial charge >= 0.3 is 0 Å². The molecule has 0 radical (unpaired) electrons. The highest BCUT2D eigenvalue weighted by Crippen LogP contribution is 2.26. The number of carbonyl (C=O) groups is 1. The maximum absolute atomic E-state index is 12.1. The van der Waals surface area contributed by atoms with Crippen molar-refractivity contribution in [1.82, 2.24) is 19.9 Å². The minimum Gasteiger partial charge on any atom is -0.459 e. The molecule has 5 rings (SSSR count). The molecular weight excluding hydrogens is 398 g/mol. The summed E-state index contributed by atoms with van der Waals surface area (Å²) in [5, 5.41) is 2.79. The molecule has 156 valence electrons. The Morgan fingerprint density at radius 3 is 2.61 bits per heavy atom. The van der Waals surface area contributed by atoms with Crippen LogP contribution in [0.2, 0.25) is 0 Å². The van der Waals surface area contributed by atoms with E-state index in [0.29, 0.717) is 54.7 Å². The van der Waals surface area contributed by atoms with Crippen LogP contribution in [0.3, 0.4) is 0 Å². The molecule has 3 aromatic heterocycles. The summed E-state index contributed by atoms with van der Waals surface area (Å²) in [6, 6.07) is 10.6. The van der Waals surface area contributed by atoms with Gasteiger partial charge in [-0.25, -0.2) is 9.97 Å². The van der Waals surface area contributed by atoms with Crippen molar-refractivity contribution in [2.24, 2.45) is 0 Å². The van der Waals surface area contributed by atoms with E-state index in [1.807, 2.05) is 12.1 Å². The number of nitrogen functional groups attached to an aromatic ring is 1. The van der Waals surface area contributed by atoms with Gasteiger partial charge in [-0.3, -0.25) is 4.79 Å². The van der Waals surface area contributed by atoms with Gasteiger partial charge in [-0.05, 0) is 24.3 Å². The van der Waals surface area contributed by atoms with Crippen molar-refractivity contribution in [3.05, 3.63) is 54.6 Å². The first-order chi connectivity index (χ1) is 15.2. The Labute approximate surface area is 177 Å². The normalized spacial score (nSPS) is 14.0. The monoisotopic (exact) mass is 417 g/mol. The van der Waals surface area contributed by atoms with Crippen molar-refractivity contribution in [3.8, 4) is 11.3 Å². The van der Waals surface area contributed by atoms with Gasteiger partial charge in [0.25, 0.3) is 5.91 Å². The van der Waals surface area contributed by atoms with Gasteiger partial charge in [0.1, 0.15) is 0 Å². The second-order valence-corrected chi connectivity index (χ2v) is 6.94. The van der Waals surface area contributed by atoms with E-state index >= 15 is 0 Å². The van der Waals surface area contributed by atoms with E-state index in [1.165, 1.54) is 6.26 Å². The van der Waals surface area contributed by atoms with Gasteiger partial charge < -0.3 is 25.1 Å². The number of hydrogen-bond donors (Lipinski definition) is 2. The van der Waals surface area contributed by atoms with Gasteiger partial charge in [-0.1, -0.05) is 12.1 Å². The Kier molecular flexibility index (Phi) is 4.89. The SMILES string of the molecule is Nc1nc(N2CCOCC2)c2nc(-c3ccc(NC(=O)c4ccco4)cc3)cnc2n1. The van der Waals surface area contributed by atoms with Crippen LogP contribution < -0.4 is 16.0 Å². The Balaban J connectivity index is 1.44. The number of anilines is 3. The maximum atomic E-state index is 12.1. The predicted molar refractivity (Wildman–Crippen MR) is 115 cm³/mol. The largest absolute Gasteiger partial charge is 0.459 e. The molecule has 1 fully saturated rings. The highest BCUT2D eigenvalue weighted by Gasteiger charge is 2.19. The zero-order valence-electron chi connectivity index (χ0n) is 16.5. The summed E-state index contributed by atoms with van der Waals surface area (Å²) in [5.74, 6) is 0.752. The van der Waals surface area contributed by atoms with Crippen LogP contribution >= 0.6 is 0 Å². The van der Waals surface area contributed by atoms with E-state index in [1.54, 1.807) is 30.5 Å². The minimum absolute atomic E-state index is 0.160. The lowest BCUT2D eigenvalue weighted by Crippen LogP contribution is -2.37. The number of aromatic nitrogens is 4. The van der Waals surface area contributed by atoms with Gasteiger partial charge in [-0.15, -0.1) is 0 Å². The summed E-state index contributed by atoms with van der Waals surface area (Å²) >= 11 is 0. The van der Waals surface area contributed by atoms with Crippen LogP contribution in [-0.4, -0.2) is 52.1 Å². The lowest BCUT2D eigenvalue weighted by molar-refractivity contribution is 0.0996. The topological polar surface area (TPSA) is 132 Å². The summed E-state index contributed by atoms with van der Waals surface area (Å²) in [7, 11) is 0. The number of carbonyl (C=O) groups excluding carboxylic acids is 1. The summed E-state index contributed by atoms with van der Waals surface area (Å²) in [4.78, 5) is 32.0. The van der Waals surface area contributed by atoms with E-state index < -0.39 is 0 Å². The van der Waals surface area contributed by atoms with Gasteiger partial charge in [0.05, 0.1) is 31.4 Å². The molecule has 10 heteroatoms. The molecule has 1 aliphatic heterocycles. The van der Waals surface area contributed by atoms with E-state index in [0.717, 1.165) is 5.56 Å². The fourth-order valence-corrected chi connectivity index (χ4v) is 3.37. The summed E-state index contributed by atoms with van der Waals surface area (Å²) < 4.78 is 10.5. The first kappa shape index (κ1) is 18.9. The molecule has 1 aromatic carbocycles. The highest BCUT2D eigenvalue weighted by atomic mass is 16.5. The fraction of sp³-hybridized carbons (Fsp3) is 0.190. The Morgan fingerprint density at radius 2 is 1.87 bits per heavy atom. The molecule has 10 nitrogen and oxygen atoms in total. The standard InChI is InChI=1S/C21H19N7O3/c22-21-26-18-17(19(27-21)28-7-10-30-11-8-28)25-15(12-23-18)13-3-5-14(6-4-13)24-20(29)16-2-1-9-31-16/h1-6,9,12H,7-8,10-11H2,(H,24,29)(H2,22,23,26,27). The predicted octanol–water partition coefficient (Wildman–Crippen LogP) is 2.35. The first-order valence-electron chi connectivity index (χ1n) is 9.75. The number of rotatable bonds is 4. The van der Waals surface area contributed by atoms with Crippen molar-refractivity contribution < 1.29 is 13.9 Å². The third kappa shape index (κ3) is 3.88. The average molecular weight is 417 g/mol. The first-order valence-corrected chi connectivity index (χ1v) is 9.75. The number of furan rings is 1. The van der Waals surface area contributed by atoms with E-state index in [9.17, 15) is 4.79 Å². The average Bonchev–Trinajstić information content (AvgIpc) is 3.35. The number of ether oxygens (including phenoxy) is 1. The van der Waals surface area contributed by atoms with Gasteiger partial charge in [0.15, 0.2) is 22.7 Å². The molecule has 1 aliphatic rings. The highest BCUT2D eigenvalue weighted by molar-refractivity contribution is 6.02. The number of amides is 1. The molecule has 4 heterocycles.